The Bertz CT molecular complexity index is 1030. The van der Waals surface area contributed by atoms with Crippen LogP contribution in [0.1, 0.15) is 84.1 Å². The lowest BCUT2D eigenvalue weighted by Crippen LogP contribution is -2.37. The van der Waals surface area contributed by atoms with Crippen molar-refractivity contribution < 1.29 is 14.9 Å². The van der Waals surface area contributed by atoms with E-state index in [1.165, 1.54) is 31.2 Å². The number of ether oxygens (including phenoxy) is 1. The summed E-state index contributed by atoms with van der Waals surface area (Å²) in [6.45, 7) is 13.4. The summed E-state index contributed by atoms with van der Waals surface area (Å²) in [5, 5.41) is 20.4. The van der Waals surface area contributed by atoms with Gasteiger partial charge in [0.2, 0.25) is 0 Å². The number of aliphatic hydroxyl groups excluding tert-OH is 2. The monoisotopic (exact) mass is 504 g/mol. The van der Waals surface area contributed by atoms with Gasteiger partial charge in [-0.1, -0.05) is 80.6 Å². The second kappa shape index (κ2) is 11.4. The van der Waals surface area contributed by atoms with E-state index in [4.69, 9.17) is 4.74 Å². The Balaban J connectivity index is 1.60. The molecule has 0 unspecified atom stereocenters. The molecule has 3 fully saturated rings. The minimum atomic E-state index is -0.632. The van der Waals surface area contributed by atoms with Crippen molar-refractivity contribution in [1.29, 1.82) is 0 Å². The molecule has 7 atom stereocenters. The van der Waals surface area contributed by atoms with Crippen molar-refractivity contribution in [2.45, 2.75) is 96.4 Å². The highest BCUT2D eigenvalue weighted by Crippen LogP contribution is 2.61. The number of allylic oxidation sites excluding steroid dienone is 4. The van der Waals surface area contributed by atoms with E-state index < -0.39 is 12.2 Å². The van der Waals surface area contributed by atoms with Gasteiger partial charge >= 0.3 is 0 Å². The maximum atomic E-state index is 10.3. The summed E-state index contributed by atoms with van der Waals surface area (Å²) in [7, 11) is 1.78. The third-order valence-corrected chi connectivity index (χ3v) is 9.92. The Morgan fingerprint density at radius 2 is 1.86 bits per heavy atom. The molecule has 3 aliphatic rings. The number of benzene rings is 1. The van der Waals surface area contributed by atoms with Crippen LogP contribution >= 0.6 is 0 Å². The van der Waals surface area contributed by atoms with Crippen molar-refractivity contribution in [1.82, 2.24) is 0 Å². The van der Waals surface area contributed by atoms with E-state index in [1.54, 1.807) is 12.7 Å². The van der Waals surface area contributed by atoms with Gasteiger partial charge in [-0.15, -0.1) is 0 Å². The minimum Gasteiger partial charge on any atom is -0.393 e. The summed E-state index contributed by atoms with van der Waals surface area (Å²) in [5.74, 6) is 2.10. The molecular formula is C34H48O3. The zero-order valence-corrected chi connectivity index (χ0v) is 23.6. The first-order valence-electron chi connectivity index (χ1n) is 14.3. The Morgan fingerprint density at radius 3 is 2.57 bits per heavy atom. The molecule has 0 bridgehead atoms. The van der Waals surface area contributed by atoms with Gasteiger partial charge in [-0.25, -0.2) is 0 Å². The molecule has 3 nitrogen and oxygen atoms in total. The predicted molar refractivity (Wildman–Crippen MR) is 153 cm³/mol. The molecule has 1 aromatic carbocycles. The van der Waals surface area contributed by atoms with Crippen molar-refractivity contribution in [3.8, 4) is 0 Å². The highest BCUT2D eigenvalue weighted by Gasteiger charge is 2.51. The first-order chi connectivity index (χ1) is 17.6. The van der Waals surface area contributed by atoms with Crippen LogP contribution in [0.15, 0.2) is 77.9 Å². The van der Waals surface area contributed by atoms with E-state index in [-0.39, 0.29) is 11.0 Å². The number of hydrogen-bond donors (Lipinski definition) is 2. The Hall–Kier alpha value is -1.94. The molecule has 0 radical (unpaired) electrons. The van der Waals surface area contributed by atoms with E-state index in [1.807, 2.05) is 0 Å². The van der Waals surface area contributed by atoms with Crippen LogP contribution < -0.4 is 0 Å². The average molecular weight is 505 g/mol. The van der Waals surface area contributed by atoms with Crippen LogP contribution in [0.25, 0.3) is 0 Å². The summed E-state index contributed by atoms with van der Waals surface area (Å²) >= 11 is 0. The molecule has 0 heterocycles. The third-order valence-electron chi connectivity index (χ3n) is 9.92. The fourth-order valence-corrected chi connectivity index (χ4v) is 7.53. The Morgan fingerprint density at radius 1 is 1.14 bits per heavy atom. The smallest absolute Gasteiger partial charge is 0.0811 e. The molecule has 3 heteroatoms. The normalized spacial score (nSPS) is 34.7. The molecular weight excluding hydrogens is 456 g/mol. The van der Waals surface area contributed by atoms with Crippen molar-refractivity contribution in [3.63, 3.8) is 0 Å². The molecule has 0 spiro atoms. The first kappa shape index (κ1) is 28.1. The summed E-state index contributed by atoms with van der Waals surface area (Å²) in [5.41, 5.74) is 4.70. The molecule has 37 heavy (non-hydrogen) atoms. The molecule has 0 aromatic heterocycles. The number of aliphatic hydroxyl groups is 2. The summed E-state index contributed by atoms with van der Waals surface area (Å²) in [6.07, 6.45) is 15.1. The van der Waals surface area contributed by atoms with E-state index >= 15 is 0 Å². The third kappa shape index (κ3) is 6.05. The maximum Gasteiger partial charge on any atom is 0.0811 e. The zero-order valence-electron chi connectivity index (χ0n) is 23.6. The lowest BCUT2D eigenvalue weighted by molar-refractivity contribution is 0.0643. The Labute approximate surface area is 225 Å². The van der Waals surface area contributed by atoms with Gasteiger partial charge in [-0.3, -0.25) is 0 Å². The minimum absolute atomic E-state index is 0.280. The van der Waals surface area contributed by atoms with Gasteiger partial charge in [-0.2, -0.15) is 0 Å². The number of hydrogen-bond acceptors (Lipinski definition) is 3. The van der Waals surface area contributed by atoms with E-state index in [9.17, 15) is 10.2 Å². The molecule has 0 saturated heterocycles. The quantitative estimate of drug-likeness (QED) is 0.377. The zero-order chi connectivity index (χ0) is 26.8. The summed E-state index contributed by atoms with van der Waals surface area (Å²) in [4.78, 5) is 0. The van der Waals surface area contributed by atoms with Crippen LogP contribution in [0.4, 0.5) is 0 Å². The van der Waals surface area contributed by atoms with Gasteiger partial charge in [-0.05, 0) is 92.3 Å². The molecule has 2 N–H and O–H groups in total. The fraction of sp³-hybridized carbons (Fsp3) is 0.588. The fourth-order valence-electron chi connectivity index (χ4n) is 7.53. The SMILES string of the molecule is C=C1/C(=C\C=C2/CCC[C@]3(C)[C@@H]([C@H](C)[C@@H](/C=C/C(C)(C)OC)c4ccccc4)CC[C@@H]23)C[C@@H](O)C[C@@H]1O. The van der Waals surface area contributed by atoms with Crippen LogP contribution in [0.5, 0.6) is 0 Å². The van der Waals surface area contributed by atoms with Crippen molar-refractivity contribution in [2.24, 2.45) is 23.2 Å². The molecule has 0 amide bonds. The van der Waals surface area contributed by atoms with Gasteiger partial charge in [0.05, 0.1) is 17.8 Å². The van der Waals surface area contributed by atoms with Crippen LogP contribution in [-0.2, 0) is 4.74 Å². The second-order valence-corrected chi connectivity index (χ2v) is 12.6. The van der Waals surface area contributed by atoms with Crippen LogP contribution in [0, 0.1) is 23.2 Å². The van der Waals surface area contributed by atoms with Crippen LogP contribution in [0.3, 0.4) is 0 Å². The topological polar surface area (TPSA) is 49.7 Å². The van der Waals surface area contributed by atoms with Crippen LogP contribution in [-0.4, -0.2) is 35.1 Å². The number of fused-ring (bicyclic) bond motifs is 1. The van der Waals surface area contributed by atoms with E-state index in [2.05, 4.69) is 88.9 Å². The van der Waals surface area contributed by atoms with Crippen LogP contribution in [0.2, 0.25) is 0 Å². The van der Waals surface area contributed by atoms with Crippen molar-refractivity contribution in [2.75, 3.05) is 7.11 Å². The van der Waals surface area contributed by atoms with Crippen molar-refractivity contribution in [3.05, 3.63) is 83.5 Å². The lowest BCUT2D eigenvalue weighted by atomic mass is 9.59. The number of methoxy groups -OCH3 is 1. The molecule has 0 aliphatic heterocycles. The first-order valence-corrected chi connectivity index (χ1v) is 14.3. The highest BCUT2D eigenvalue weighted by atomic mass is 16.5. The van der Waals surface area contributed by atoms with Gasteiger partial charge in [0.1, 0.15) is 0 Å². The largest absolute Gasteiger partial charge is 0.393 e. The van der Waals surface area contributed by atoms with Gasteiger partial charge in [0, 0.05) is 19.4 Å². The molecule has 1 aromatic rings. The summed E-state index contributed by atoms with van der Waals surface area (Å²) in [6, 6.07) is 11.0. The molecule has 4 rings (SSSR count). The number of rotatable bonds is 7. The average Bonchev–Trinajstić information content (AvgIpc) is 3.23. The molecule has 3 saturated carbocycles. The highest BCUT2D eigenvalue weighted by molar-refractivity contribution is 5.39. The predicted octanol–water partition coefficient (Wildman–Crippen LogP) is 7.53. The van der Waals surface area contributed by atoms with Gasteiger partial charge < -0.3 is 14.9 Å². The standard InChI is InChI=1S/C34H48O3/c1-23-27(21-28(35)22-32(23)36)15-14-26-13-10-19-34(5)30(16-17-31(26)34)24(2)29(18-20-33(3,4)37-6)25-11-8-7-9-12-25/h7-9,11-12,14-15,18,20,24,28-32,35-36H,1,10,13,16-17,19,21-22H2,2-6H3/b20-18+,26-14+,27-15-/t24-,28-,29-,30-,31+,32+,34-/m1/s1. The molecule has 3 aliphatic carbocycles. The Kier molecular flexibility index (Phi) is 8.68. The molecule has 202 valence electrons. The maximum absolute atomic E-state index is 10.3. The lowest BCUT2D eigenvalue weighted by Gasteiger charge is -2.45. The second-order valence-electron chi connectivity index (χ2n) is 12.6. The van der Waals surface area contributed by atoms with Gasteiger partial charge in [0.25, 0.3) is 0 Å². The van der Waals surface area contributed by atoms with E-state index in [0.717, 1.165) is 17.6 Å². The summed E-state index contributed by atoms with van der Waals surface area (Å²) < 4.78 is 5.71. The van der Waals surface area contributed by atoms with Crippen molar-refractivity contribution >= 4 is 0 Å². The van der Waals surface area contributed by atoms with E-state index in [0.29, 0.717) is 36.5 Å². The van der Waals surface area contributed by atoms with Gasteiger partial charge in [0.15, 0.2) is 0 Å².